The van der Waals surface area contributed by atoms with E-state index in [1.807, 2.05) is 0 Å². The molecule has 0 aliphatic rings. The summed E-state index contributed by atoms with van der Waals surface area (Å²) < 4.78 is 26.8. The highest BCUT2D eigenvalue weighted by molar-refractivity contribution is 9.10. The smallest absolute Gasteiger partial charge is 0.241 e. The minimum absolute atomic E-state index is 0.132. The SMILES string of the molecule is Nc1cc(S(=O)(=O)NC(CO)(CO)CO)ccc1Br. The van der Waals surface area contributed by atoms with Gasteiger partial charge in [0.05, 0.1) is 24.7 Å². The van der Waals surface area contributed by atoms with Crippen LogP contribution in [-0.2, 0) is 10.0 Å². The van der Waals surface area contributed by atoms with Gasteiger partial charge in [-0.25, -0.2) is 8.42 Å². The lowest BCUT2D eigenvalue weighted by Crippen LogP contribution is -2.56. The Balaban J connectivity index is 3.14. The fourth-order valence-electron chi connectivity index (χ4n) is 1.28. The van der Waals surface area contributed by atoms with E-state index in [9.17, 15) is 8.42 Å². The molecule has 1 rings (SSSR count). The molecular weight excluding hydrogens is 340 g/mol. The number of hydrogen-bond donors (Lipinski definition) is 5. The first-order chi connectivity index (χ1) is 8.80. The third kappa shape index (κ3) is 3.65. The second-order valence-electron chi connectivity index (χ2n) is 4.04. The van der Waals surface area contributed by atoms with Crippen molar-refractivity contribution in [3.63, 3.8) is 0 Å². The van der Waals surface area contributed by atoms with Crippen molar-refractivity contribution >= 4 is 31.6 Å². The molecule has 0 saturated carbocycles. The van der Waals surface area contributed by atoms with E-state index in [4.69, 9.17) is 21.1 Å². The fourth-order valence-corrected chi connectivity index (χ4v) is 2.94. The molecule has 0 atom stereocenters. The normalized spacial score (nSPS) is 12.6. The molecule has 0 spiro atoms. The van der Waals surface area contributed by atoms with Gasteiger partial charge in [-0.1, -0.05) is 0 Å². The van der Waals surface area contributed by atoms with Crippen LogP contribution >= 0.6 is 15.9 Å². The van der Waals surface area contributed by atoms with Gasteiger partial charge < -0.3 is 21.1 Å². The monoisotopic (exact) mass is 354 g/mol. The van der Waals surface area contributed by atoms with Gasteiger partial charge in [-0.2, -0.15) is 4.72 Å². The van der Waals surface area contributed by atoms with Crippen LogP contribution in [0.15, 0.2) is 27.6 Å². The van der Waals surface area contributed by atoms with Crippen LogP contribution in [0.1, 0.15) is 0 Å². The summed E-state index contributed by atoms with van der Waals surface area (Å²) in [5, 5.41) is 27.3. The first kappa shape index (κ1) is 16.3. The van der Waals surface area contributed by atoms with Crippen molar-refractivity contribution in [3.8, 4) is 0 Å². The van der Waals surface area contributed by atoms with Crippen molar-refractivity contribution in [2.75, 3.05) is 25.6 Å². The minimum Gasteiger partial charge on any atom is -0.398 e. The third-order valence-electron chi connectivity index (χ3n) is 2.54. The molecule has 0 saturated heterocycles. The van der Waals surface area contributed by atoms with Gasteiger partial charge in [-0.15, -0.1) is 0 Å². The molecule has 108 valence electrons. The molecule has 1 aromatic carbocycles. The summed E-state index contributed by atoms with van der Waals surface area (Å²) in [5.74, 6) is 0. The van der Waals surface area contributed by atoms with Gasteiger partial charge in [-0.3, -0.25) is 0 Å². The van der Waals surface area contributed by atoms with Crippen molar-refractivity contribution in [1.29, 1.82) is 0 Å². The van der Waals surface area contributed by atoms with E-state index in [1.165, 1.54) is 18.2 Å². The van der Waals surface area contributed by atoms with E-state index in [1.54, 1.807) is 0 Å². The number of halogens is 1. The molecule has 6 N–H and O–H groups in total. The maximum Gasteiger partial charge on any atom is 0.241 e. The Labute approximate surface area is 119 Å². The highest BCUT2D eigenvalue weighted by Gasteiger charge is 2.34. The largest absolute Gasteiger partial charge is 0.398 e. The van der Waals surface area contributed by atoms with E-state index >= 15 is 0 Å². The van der Waals surface area contributed by atoms with Crippen LogP contribution in [0.3, 0.4) is 0 Å². The van der Waals surface area contributed by atoms with Crippen molar-refractivity contribution < 1.29 is 23.7 Å². The molecule has 0 unspecified atom stereocenters. The Morgan fingerprint density at radius 3 is 2.16 bits per heavy atom. The van der Waals surface area contributed by atoms with Gasteiger partial charge in [0.15, 0.2) is 0 Å². The van der Waals surface area contributed by atoms with Gasteiger partial charge in [0, 0.05) is 10.2 Å². The molecule has 0 fully saturated rings. The van der Waals surface area contributed by atoms with Gasteiger partial charge >= 0.3 is 0 Å². The number of aliphatic hydroxyl groups is 3. The number of anilines is 1. The van der Waals surface area contributed by atoms with Crippen LogP contribution < -0.4 is 10.5 Å². The van der Waals surface area contributed by atoms with Crippen LogP contribution in [0.4, 0.5) is 5.69 Å². The van der Waals surface area contributed by atoms with Crippen molar-refractivity contribution in [2.24, 2.45) is 0 Å². The molecule has 0 radical (unpaired) electrons. The number of aliphatic hydroxyl groups excluding tert-OH is 3. The Morgan fingerprint density at radius 2 is 1.74 bits per heavy atom. The Bertz CT molecular complexity index is 537. The highest BCUT2D eigenvalue weighted by Crippen LogP contribution is 2.23. The summed E-state index contributed by atoms with van der Waals surface area (Å²) in [6.07, 6.45) is 0. The van der Waals surface area contributed by atoms with Crippen molar-refractivity contribution in [3.05, 3.63) is 22.7 Å². The topological polar surface area (TPSA) is 133 Å². The van der Waals surface area contributed by atoms with Gasteiger partial charge in [0.2, 0.25) is 10.0 Å². The first-order valence-corrected chi connectivity index (χ1v) is 7.49. The maximum atomic E-state index is 12.1. The molecule has 0 aliphatic carbocycles. The molecule has 0 heterocycles. The summed E-state index contributed by atoms with van der Waals surface area (Å²) in [6.45, 7) is -2.23. The highest BCUT2D eigenvalue weighted by atomic mass is 79.9. The van der Waals surface area contributed by atoms with Crippen LogP contribution in [0, 0.1) is 0 Å². The second-order valence-corrected chi connectivity index (χ2v) is 6.58. The van der Waals surface area contributed by atoms with Crippen LogP contribution in [0.5, 0.6) is 0 Å². The summed E-state index contributed by atoms with van der Waals surface area (Å²) in [7, 11) is -4.02. The van der Waals surface area contributed by atoms with E-state index in [2.05, 4.69) is 20.7 Å². The fraction of sp³-hybridized carbons (Fsp3) is 0.400. The number of benzene rings is 1. The predicted octanol–water partition coefficient (Wildman–Crippen LogP) is -0.975. The van der Waals surface area contributed by atoms with E-state index < -0.39 is 35.4 Å². The number of rotatable bonds is 6. The second kappa shape index (κ2) is 6.16. The van der Waals surface area contributed by atoms with E-state index in [0.29, 0.717) is 4.47 Å². The molecule has 9 heteroatoms. The quantitative estimate of drug-likeness (QED) is 0.417. The summed E-state index contributed by atoms with van der Waals surface area (Å²) in [5.41, 5.74) is 4.10. The number of nitrogens with one attached hydrogen (secondary N) is 1. The summed E-state index contributed by atoms with van der Waals surface area (Å²) in [4.78, 5) is -0.132. The lowest BCUT2D eigenvalue weighted by molar-refractivity contribution is 0.0582. The molecule has 0 aromatic heterocycles. The lowest BCUT2D eigenvalue weighted by atomic mass is 10.1. The number of nitrogens with two attached hydrogens (primary N) is 1. The number of hydrogen-bond acceptors (Lipinski definition) is 6. The first-order valence-electron chi connectivity index (χ1n) is 5.22. The minimum atomic E-state index is -4.02. The van der Waals surface area contributed by atoms with E-state index in [0.717, 1.165) is 0 Å². The molecule has 7 nitrogen and oxygen atoms in total. The third-order valence-corrected chi connectivity index (χ3v) is 4.84. The predicted molar refractivity (Wildman–Crippen MR) is 72.9 cm³/mol. The van der Waals surface area contributed by atoms with Crippen LogP contribution in [0.25, 0.3) is 0 Å². The van der Waals surface area contributed by atoms with Gasteiger partial charge in [0.1, 0.15) is 5.54 Å². The lowest BCUT2D eigenvalue weighted by Gasteiger charge is -2.28. The zero-order chi connectivity index (χ0) is 14.7. The molecule has 0 amide bonds. The Morgan fingerprint density at radius 1 is 1.21 bits per heavy atom. The molecular formula is C10H15BrN2O5S. The Kier molecular flexibility index (Phi) is 5.30. The zero-order valence-electron chi connectivity index (χ0n) is 9.88. The van der Waals surface area contributed by atoms with Crippen LogP contribution in [-0.4, -0.2) is 49.1 Å². The van der Waals surface area contributed by atoms with Crippen molar-refractivity contribution in [2.45, 2.75) is 10.4 Å². The molecule has 1 aromatic rings. The maximum absolute atomic E-state index is 12.1. The standard InChI is InChI=1S/C10H15BrN2O5S/c11-8-2-1-7(3-9(8)12)19(17,18)13-10(4-14,5-15)6-16/h1-3,13-16H,4-6,12H2. The zero-order valence-corrected chi connectivity index (χ0v) is 12.3. The average molecular weight is 355 g/mol. The molecule has 19 heavy (non-hydrogen) atoms. The summed E-state index contributed by atoms with van der Waals surface area (Å²) in [6, 6.07) is 3.99. The number of sulfonamides is 1. The van der Waals surface area contributed by atoms with Gasteiger partial charge in [-0.05, 0) is 34.1 Å². The number of nitrogen functional groups attached to an aromatic ring is 1. The Hall–Kier alpha value is -0.710. The van der Waals surface area contributed by atoms with Crippen molar-refractivity contribution in [1.82, 2.24) is 4.72 Å². The van der Waals surface area contributed by atoms with E-state index in [-0.39, 0.29) is 10.6 Å². The average Bonchev–Trinajstić information content (AvgIpc) is 2.39. The molecule has 0 bridgehead atoms. The summed E-state index contributed by atoms with van der Waals surface area (Å²) >= 11 is 3.14. The van der Waals surface area contributed by atoms with Crippen LogP contribution in [0.2, 0.25) is 0 Å². The molecule has 0 aliphatic heterocycles. The van der Waals surface area contributed by atoms with Gasteiger partial charge in [0.25, 0.3) is 0 Å².